The number of alkyl halides is 3. The van der Waals surface area contributed by atoms with Crippen LogP contribution in [0.5, 0.6) is 0 Å². The van der Waals surface area contributed by atoms with Crippen LogP contribution >= 0.6 is 12.4 Å². The van der Waals surface area contributed by atoms with E-state index in [1.165, 1.54) is 6.07 Å². The van der Waals surface area contributed by atoms with Gasteiger partial charge in [0.2, 0.25) is 5.91 Å². The zero-order chi connectivity index (χ0) is 15.5. The molecule has 0 aliphatic heterocycles. The van der Waals surface area contributed by atoms with E-state index in [-0.39, 0.29) is 24.2 Å². The molecule has 0 radical (unpaired) electrons. The van der Waals surface area contributed by atoms with Crippen molar-refractivity contribution in [3.8, 4) is 0 Å². The third-order valence-electron chi connectivity index (χ3n) is 3.09. The normalized spacial score (nSPS) is 14.3. The Labute approximate surface area is 128 Å². The third-order valence-corrected chi connectivity index (χ3v) is 3.09. The maximum absolute atomic E-state index is 12.6. The van der Waals surface area contributed by atoms with Crippen LogP contribution in [-0.4, -0.2) is 11.9 Å². The lowest BCUT2D eigenvalue weighted by Crippen LogP contribution is -2.44. The van der Waals surface area contributed by atoms with Gasteiger partial charge in [-0.25, -0.2) is 0 Å². The van der Waals surface area contributed by atoms with Gasteiger partial charge in [0.1, 0.15) is 0 Å². The first-order valence-corrected chi connectivity index (χ1v) is 6.36. The van der Waals surface area contributed by atoms with Crippen molar-refractivity contribution in [2.24, 2.45) is 11.7 Å². The van der Waals surface area contributed by atoms with E-state index in [9.17, 15) is 18.0 Å². The summed E-state index contributed by atoms with van der Waals surface area (Å²) in [4.78, 5) is 11.8. The van der Waals surface area contributed by atoms with Crippen LogP contribution in [0, 0.1) is 5.92 Å². The van der Waals surface area contributed by atoms with Crippen molar-refractivity contribution < 1.29 is 18.0 Å². The number of hydrogen-bond acceptors (Lipinski definition) is 2. The van der Waals surface area contributed by atoms with Gasteiger partial charge in [0.15, 0.2) is 0 Å². The van der Waals surface area contributed by atoms with Crippen LogP contribution in [0.2, 0.25) is 0 Å². The van der Waals surface area contributed by atoms with Crippen molar-refractivity contribution in [1.82, 2.24) is 5.32 Å². The molecule has 3 N–H and O–H groups in total. The molecule has 120 valence electrons. The maximum Gasteiger partial charge on any atom is 0.416 e. The predicted molar refractivity (Wildman–Crippen MR) is 78.1 cm³/mol. The molecule has 0 spiro atoms. The molecule has 1 aromatic carbocycles. The van der Waals surface area contributed by atoms with Crippen LogP contribution in [0.15, 0.2) is 24.3 Å². The molecule has 0 saturated carbocycles. The van der Waals surface area contributed by atoms with Crippen LogP contribution in [0.4, 0.5) is 13.2 Å². The number of benzene rings is 1. The van der Waals surface area contributed by atoms with Gasteiger partial charge in [-0.05, 0) is 30.5 Å². The van der Waals surface area contributed by atoms with E-state index in [4.69, 9.17) is 5.73 Å². The smallest absolute Gasteiger partial charge is 0.348 e. The van der Waals surface area contributed by atoms with Crippen LogP contribution in [-0.2, 0) is 11.0 Å². The van der Waals surface area contributed by atoms with Gasteiger partial charge < -0.3 is 11.1 Å². The number of nitrogens with two attached hydrogens (primary N) is 1. The number of hydrogen-bond donors (Lipinski definition) is 2. The fraction of sp³-hybridized carbons (Fsp3) is 0.500. The van der Waals surface area contributed by atoms with E-state index in [1.807, 2.05) is 0 Å². The molecule has 1 unspecified atom stereocenters. The van der Waals surface area contributed by atoms with Gasteiger partial charge in [0.05, 0.1) is 17.6 Å². The summed E-state index contributed by atoms with van der Waals surface area (Å²) in [5, 5.41) is 2.62. The summed E-state index contributed by atoms with van der Waals surface area (Å²) in [6.45, 7) is 5.23. The SMILES string of the molecule is CC(NC(=O)[C@H](N)C(C)C)c1cccc(C(F)(F)F)c1.Cl. The number of halogens is 4. The minimum atomic E-state index is -4.39. The Bertz CT molecular complexity index is 478. The first kappa shape index (κ1) is 19.7. The molecule has 3 nitrogen and oxygen atoms in total. The van der Waals surface area contributed by atoms with Crippen LogP contribution in [0.1, 0.15) is 37.9 Å². The molecule has 7 heteroatoms. The Kier molecular flexibility index (Phi) is 7.19. The number of rotatable bonds is 4. The summed E-state index contributed by atoms with van der Waals surface area (Å²) in [7, 11) is 0. The molecule has 0 heterocycles. The van der Waals surface area contributed by atoms with Crippen molar-refractivity contribution in [1.29, 1.82) is 0 Å². The lowest BCUT2D eigenvalue weighted by Gasteiger charge is -2.20. The maximum atomic E-state index is 12.6. The molecule has 0 bridgehead atoms. The minimum absolute atomic E-state index is 0. The molecule has 1 rings (SSSR count). The van der Waals surface area contributed by atoms with Crippen LogP contribution in [0.3, 0.4) is 0 Å². The van der Waals surface area contributed by atoms with Crippen molar-refractivity contribution >= 4 is 18.3 Å². The van der Waals surface area contributed by atoms with E-state index in [2.05, 4.69) is 5.32 Å². The minimum Gasteiger partial charge on any atom is -0.348 e. The molecule has 0 saturated heterocycles. The molecule has 2 atom stereocenters. The Morgan fingerprint density at radius 2 is 1.81 bits per heavy atom. The fourth-order valence-corrected chi connectivity index (χ4v) is 1.68. The molecular formula is C14H20ClF3N2O. The number of carbonyl (C=O) groups is 1. The lowest BCUT2D eigenvalue weighted by atomic mass is 10.0. The summed E-state index contributed by atoms with van der Waals surface area (Å²) in [5.74, 6) is -0.409. The largest absolute Gasteiger partial charge is 0.416 e. The molecule has 0 fully saturated rings. The second-order valence-corrected chi connectivity index (χ2v) is 5.12. The van der Waals surface area contributed by atoms with Crippen molar-refractivity contribution in [2.75, 3.05) is 0 Å². The highest BCUT2D eigenvalue weighted by atomic mass is 35.5. The first-order chi connectivity index (χ1) is 9.12. The molecule has 1 aromatic rings. The Morgan fingerprint density at radius 3 is 2.29 bits per heavy atom. The topological polar surface area (TPSA) is 55.1 Å². The highest BCUT2D eigenvalue weighted by Gasteiger charge is 2.31. The van der Waals surface area contributed by atoms with Crippen LogP contribution < -0.4 is 11.1 Å². The molecule has 0 aliphatic carbocycles. The van der Waals surface area contributed by atoms with E-state index in [1.54, 1.807) is 26.8 Å². The molecule has 21 heavy (non-hydrogen) atoms. The van der Waals surface area contributed by atoms with Crippen molar-refractivity contribution in [2.45, 2.75) is 39.0 Å². The van der Waals surface area contributed by atoms with Gasteiger partial charge in [0, 0.05) is 0 Å². The Hall–Kier alpha value is -1.27. The van der Waals surface area contributed by atoms with E-state index >= 15 is 0 Å². The van der Waals surface area contributed by atoms with E-state index in [0.717, 1.165) is 12.1 Å². The average molecular weight is 325 g/mol. The quantitative estimate of drug-likeness (QED) is 0.893. The van der Waals surface area contributed by atoms with Gasteiger partial charge >= 0.3 is 6.18 Å². The summed E-state index contributed by atoms with van der Waals surface area (Å²) < 4.78 is 37.9. The lowest BCUT2D eigenvalue weighted by molar-refractivity contribution is -0.137. The summed E-state index contributed by atoms with van der Waals surface area (Å²) >= 11 is 0. The second kappa shape index (κ2) is 7.66. The van der Waals surface area contributed by atoms with Gasteiger partial charge in [-0.1, -0.05) is 26.0 Å². The Balaban J connectivity index is 0.00000400. The zero-order valence-corrected chi connectivity index (χ0v) is 12.9. The Morgan fingerprint density at radius 1 is 1.24 bits per heavy atom. The van der Waals surface area contributed by atoms with E-state index < -0.39 is 23.8 Å². The highest BCUT2D eigenvalue weighted by Crippen LogP contribution is 2.30. The van der Waals surface area contributed by atoms with Crippen LogP contribution in [0.25, 0.3) is 0 Å². The first-order valence-electron chi connectivity index (χ1n) is 6.36. The number of amides is 1. The van der Waals surface area contributed by atoms with Gasteiger partial charge in [-0.15, -0.1) is 12.4 Å². The van der Waals surface area contributed by atoms with Gasteiger partial charge in [-0.3, -0.25) is 4.79 Å². The fourth-order valence-electron chi connectivity index (χ4n) is 1.68. The molecular weight excluding hydrogens is 305 g/mol. The van der Waals surface area contributed by atoms with E-state index in [0.29, 0.717) is 5.56 Å². The highest BCUT2D eigenvalue weighted by molar-refractivity contribution is 5.85. The molecule has 0 aliphatic rings. The zero-order valence-electron chi connectivity index (χ0n) is 12.1. The van der Waals surface area contributed by atoms with Gasteiger partial charge in [0.25, 0.3) is 0 Å². The molecule has 1 amide bonds. The second-order valence-electron chi connectivity index (χ2n) is 5.12. The standard InChI is InChI=1S/C14H19F3N2O.ClH/c1-8(2)12(18)13(20)19-9(3)10-5-4-6-11(7-10)14(15,16)17;/h4-9,12H,18H2,1-3H3,(H,19,20);1H/t9?,12-;/m1./s1. The number of carbonyl (C=O) groups excluding carboxylic acids is 1. The van der Waals surface area contributed by atoms with Crippen molar-refractivity contribution in [3.05, 3.63) is 35.4 Å². The van der Waals surface area contributed by atoms with Crippen molar-refractivity contribution in [3.63, 3.8) is 0 Å². The summed E-state index contributed by atoms with van der Waals surface area (Å²) in [5.41, 5.74) is 5.35. The third kappa shape index (κ3) is 5.55. The monoisotopic (exact) mass is 324 g/mol. The average Bonchev–Trinajstić information content (AvgIpc) is 2.36. The number of nitrogens with one attached hydrogen (secondary N) is 1. The predicted octanol–water partition coefficient (Wildman–Crippen LogP) is 3.29. The summed E-state index contributed by atoms with van der Waals surface area (Å²) in [6.07, 6.45) is -4.39. The van der Waals surface area contributed by atoms with Gasteiger partial charge in [-0.2, -0.15) is 13.2 Å². The molecule has 0 aromatic heterocycles. The summed E-state index contributed by atoms with van der Waals surface area (Å²) in [6, 6.07) is 3.69.